The van der Waals surface area contributed by atoms with Crippen molar-refractivity contribution < 1.29 is 14.3 Å². The van der Waals surface area contributed by atoms with Crippen molar-refractivity contribution in [3.63, 3.8) is 0 Å². The Morgan fingerprint density at radius 2 is 2.19 bits per heavy atom. The van der Waals surface area contributed by atoms with Crippen molar-refractivity contribution in [2.24, 2.45) is 0 Å². The van der Waals surface area contributed by atoms with Crippen LogP contribution in [0.2, 0.25) is 0 Å². The smallest absolute Gasteiger partial charge is 0.247 e. The summed E-state index contributed by atoms with van der Waals surface area (Å²) in [5.74, 6) is -0.165. The molecule has 3 unspecified atom stereocenters. The number of carbonyl (C=O) groups is 2. The predicted octanol–water partition coefficient (Wildman–Crippen LogP) is -0.0249. The van der Waals surface area contributed by atoms with Crippen LogP contribution in [0.1, 0.15) is 33.1 Å². The van der Waals surface area contributed by atoms with Crippen molar-refractivity contribution in [3.8, 4) is 0 Å². The third-order valence-corrected chi connectivity index (χ3v) is 4.75. The zero-order valence-corrected chi connectivity index (χ0v) is 12.9. The molecule has 3 saturated heterocycles. The summed E-state index contributed by atoms with van der Waals surface area (Å²) in [6, 6.07) is 0.153. The van der Waals surface area contributed by atoms with Gasteiger partial charge in [0.05, 0.1) is 25.2 Å². The van der Waals surface area contributed by atoms with Gasteiger partial charge in [-0.15, -0.1) is 0 Å². The van der Waals surface area contributed by atoms with E-state index in [1.165, 1.54) is 17.7 Å². The highest BCUT2D eigenvalue weighted by molar-refractivity contribution is 6.05. The highest BCUT2D eigenvalue weighted by Gasteiger charge is 2.40. The molecule has 2 amide bonds. The summed E-state index contributed by atoms with van der Waals surface area (Å²) < 4.78 is 5.87. The fourth-order valence-electron chi connectivity index (χ4n) is 3.64. The molecule has 3 fully saturated rings. The second-order valence-electron chi connectivity index (χ2n) is 6.61. The maximum atomic E-state index is 12.2. The molecule has 0 aromatic heterocycles. The number of amides is 2. The summed E-state index contributed by atoms with van der Waals surface area (Å²) in [5, 5.41) is 3.23. The van der Waals surface area contributed by atoms with Gasteiger partial charge in [-0.2, -0.15) is 0 Å². The van der Waals surface area contributed by atoms with Crippen molar-refractivity contribution in [3.05, 3.63) is 0 Å². The van der Waals surface area contributed by atoms with Crippen LogP contribution in [-0.4, -0.2) is 72.1 Å². The second kappa shape index (κ2) is 6.02. The van der Waals surface area contributed by atoms with Crippen LogP contribution in [0.15, 0.2) is 0 Å². The van der Waals surface area contributed by atoms with Gasteiger partial charge in [0.25, 0.3) is 0 Å². The largest absolute Gasteiger partial charge is 0.374 e. The van der Waals surface area contributed by atoms with Gasteiger partial charge in [0.15, 0.2) is 0 Å². The Bertz CT molecular complexity index is 426. The highest BCUT2D eigenvalue weighted by atomic mass is 16.5. The number of ether oxygens (including phenoxy) is 1. The van der Waals surface area contributed by atoms with Gasteiger partial charge in [-0.1, -0.05) is 0 Å². The molecule has 0 saturated carbocycles. The molecule has 0 radical (unpaired) electrons. The third kappa shape index (κ3) is 2.98. The molecule has 1 N–H and O–H groups in total. The summed E-state index contributed by atoms with van der Waals surface area (Å²) in [7, 11) is 0. The Morgan fingerprint density at radius 3 is 2.90 bits per heavy atom. The quantitative estimate of drug-likeness (QED) is 0.738. The summed E-state index contributed by atoms with van der Waals surface area (Å²) in [6.07, 6.45) is 2.89. The molecule has 21 heavy (non-hydrogen) atoms. The molecule has 3 rings (SSSR count). The summed E-state index contributed by atoms with van der Waals surface area (Å²) in [4.78, 5) is 27.9. The minimum atomic E-state index is -0.375. The van der Waals surface area contributed by atoms with E-state index in [9.17, 15) is 9.59 Å². The summed E-state index contributed by atoms with van der Waals surface area (Å²) >= 11 is 0. The van der Waals surface area contributed by atoms with E-state index in [2.05, 4.69) is 10.2 Å². The first-order valence-electron chi connectivity index (χ1n) is 8.01. The number of hydrogen-bond acceptors (Lipinski definition) is 5. The second-order valence-corrected chi connectivity index (χ2v) is 6.61. The maximum Gasteiger partial charge on any atom is 0.247 e. The number of likely N-dealkylation sites (tertiary alicyclic amines) is 1. The van der Waals surface area contributed by atoms with E-state index < -0.39 is 0 Å². The number of rotatable bonds is 4. The van der Waals surface area contributed by atoms with Crippen LogP contribution in [0.4, 0.5) is 0 Å². The molecule has 0 aromatic carbocycles. The van der Waals surface area contributed by atoms with E-state index in [0.717, 1.165) is 19.7 Å². The number of nitrogens with one attached hydrogen (secondary N) is 1. The van der Waals surface area contributed by atoms with Crippen molar-refractivity contribution in [2.45, 2.75) is 57.3 Å². The van der Waals surface area contributed by atoms with Gasteiger partial charge in [-0.25, -0.2) is 0 Å². The van der Waals surface area contributed by atoms with Gasteiger partial charge in [0, 0.05) is 25.2 Å². The fraction of sp³-hybridized carbons (Fsp3) is 0.867. The monoisotopic (exact) mass is 295 g/mol. The van der Waals surface area contributed by atoms with E-state index >= 15 is 0 Å². The Hall–Kier alpha value is -0.980. The van der Waals surface area contributed by atoms with Crippen LogP contribution in [0, 0.1) is 0 Å². The van der Waals surface area contributed by atoms with Crippen LogP contribution in [0.5, 0.6) is 0 Å². The van der Waals surface area contributed by atoms with Crippen molar-refractivity contribution >= 4 is 11.8 Å². The zero-order valence-electron chi connectivity index (χ0n) is 12.9. The predicted molar refractivity (Wildman–Crippen MR) is 77.7 cm³/mol. The van der Waals surface area contributed by atoms with Gasteiger partial charge in [0.2, 0.25) is 11.8 Å². The lowest BCUT2D eigenvalue weighted by Gasteiger charge is -2.35. The number of carbonyl (C=O) groups excluding carboxylic acids is 2. The van der Waals surface area contributed by atoms with Crippen LogP contribution in [0.3, 0.4) is 0 Å². The SMILES string of the molecule is CC(C)N1C(=O)CC(NCC2CN3CCCC3CO2)C1=O. The van der Waals surface area contributed by atoms with Crippen molar-refractivity contribution in [1.82, 2.24) is 15.1 Å². The first kappa shape index (κ1) is 14.9. The summed E-state index contributed by atoms with van der Waals surface area (Å²) in [5.41, 5.74) is 0. The topological polar surface area (TPSA) is 61.9 Å². The summed E-state index contributed by atoms with van der Waals surface area (Å²) in [6.45, 7) is 7.26. The lowest BCUT2D eigenvalue weighted by molar-refractivity contribution is -0.140. The minimum absolute atomic E-state index is 0.0620. The van der Waals surface area contributed by atoms with E-state index in [1.54, 1.807) is 0 Å². The molecule has 6 heteroatoms. The fourth-order valence-corrected chi connectivity index (χ4v) is 3.64. The minimum Gasteiger partial charge on any atom is -0.374 e. The number of fused-ring (bicyclic) bond motifs is 1. The number of nitrogens with zero attached hydrogens (tertiary/aromatic N) is 2. The van der Waals surface area contributed by atoms with Gasteiger partial charge < -0.3 is 10.1 Å². The molecule has 0 bridgehead atoms. The van der Waals surface area contributed by atoms with Crippen LogP contribution >= 0.6 is 0 Å². The molecular formula is C15H25N3O3. The average molecular weight is 295 g/mol. The van der Waals surface area contributed by atoms with Gasteiger partial charge in [0.1, 0.15) is 0 Å². The maximum absolute atomic E-state index is 12.2. The number of hydrogen-bond donors (Lipinski definition) is 1. The Balaban J connectivity index is 1.49. The van der Waals surface area contributed by atoms with E-state index in [4.69, 9.17) is 4.74 Å². The molecule has 0 aliphatic carbocycles. The molecule has 6 nitrogen and oxygen atoms in total. The number of morpholine rings is 1. The van der Waals surface area contributed by atoms with Crippen LogP contribution < -0.4 is 5.32 Å². The molecule has 3 atom stereocenters. The Kier molecular flexibility index (Phi) is 4.28. The Labute approximate surface area is 125 Å². The lowest BCUT2D eigenvalue weighted by Crippen LogP contribution is -2.51. The van der Waals surface area contributed by atoms with E-state index in [-0.39, 0.29) is 36.4 Å². The molecule has 3 aliphatic heterocycles. The normalized spacial score (nSPS) is 34.0. The molecule has 0 spiro atoms. The number of imide groups is 1. The van der Waals surface area contributed by atoms with Gasteiger partial charge in [-0.05, 0) is 33.2 Å². The average Bonchev–Trinajstić information content (AvgIpc) is 3.00. The third-order valence-electron chi connectivity index (χ3n) is 4.75. The first-order valence-corrected chi connectivity index (χ1v) is 8.01. The lowest BCUT2D eigenvalue weighted by atomic mass is 10.1. The standard InChI is InChI=1S/C15H25N3O3/c1-10(2)18-14(19)6-13(15(18)20)16-7-12-8-17-5-3-4-11(17)9-21-12/h10-13,16H,3-9H2,1-2H3. The van der Waals surface area contributed by atoms with Gasteiger partial charge >= 0.3 is 0 Å². The molecule has 0 aromatic rings. The van der Waals surface area contributed by atoms with Crippen molar-refractivity contribution in [1.29, 1.82) is 0 Å². The molecule has 3 aliphatic rings. The van der Waals surface area contributed by atoms with Gasteiger partial charge in [-0.3, -0.25) is 19.4 Å². The van der Waals surface area contributed by atoms with E-state index in [0.29, 0.717) is 12.6 Å². The van der Waals surface area contributed by atoms with E-state index in [1.807, 2.05) is 13.8 Å². The van der Waals surface area contributed by atoms with Crippen LogP contribution in [-0.2, 0) is 14.3 Å². The van der Waals surface area contributed by atoms with Crippen LogP contribution in [0.25, 0.3) is 0 Å². The molecular weight excluding hydrogens is 270 g/mol. The molecule has 3 heterocycles. The van der Waals surface area contributed by atoms with Crippen molar-refractivity contribution in [2.75, 3.05) is 26.2 Å². The molecule has 118 valence electrons. The Morgan fingerprint density at radius 1 is 1.38 bits per heavy atom. The first-order chi connectivity index (χ1) is 10.1. The highest BCUT2D eigenvalue weighted by Crippen LogP contribution is 2.22. The zero-order chi connectivity index (χ0) is 15.0.